The van der Waals surface area contributed by atoms with Crippen LogP contribution in [0.15, 0.2) is 41.8 Å². The third-order valence-electron chi connectivity index (χ3n) is 4.77. The third-order valence-corrected chi connectivity index (χ3v) is 5.69. The zero-order valence-electron chi connectivity index (χ0n) is 15.3. The Morgan fingerprint density at radius 1 is 1.26 bits per heavy atom. The summed E-state index contributed by atoms with van der Waals surface area (Å²) in [7, 11) is 3.32. The number of aromatic nitrogens is 2. The van der Waals surface area contributed by atoms with E-state index in [1.165, 1.54) is 0 Å². The van der Waals surface area contributed by atoms with Crippen molar-refractivity contribution in [3.05, 3.63) is 57.9 Å². The molecule has 1 N–H and O–H groups in total. The van der Waals surface area contributed by atoms with Crippen molar-refractivity contribution in [3.63, 3.8) is 0 Å². The minimum atomic E-state index is -0.135. The van der Waals surface area contributed by atoms with Gasteiger partial charge in [-0.3, -0.25) is 9.89 Å². The molecule has 0 aliphatic carbocycles. The summed E-state index contributed by atoms with van der Waals surface area (Å²) in [6.07, 6.45) is 0.788. The van der Waals surface area contributed by atoms with E-state index in [1.54, 1.807) is 25.6 Å². The summed E-state index contributed by atoms with van der Waals surface area (Å²) in [6, 6.07) is 11.7. The SMILES string of the molecule is COCCCN1C(=O)c2[nH]nc(-c3cccc(OC)c3)c2C1c1cccs1. The van der Waals surface area contributed by atoms with Crippen LogP contribution < -0.4 is 4.74 Å². The van der Waals surface area contributed by atoms with Crippen LogP contribution in [0, 0.1) is 0 Å². The molecule has 1 aromatic carbocycles. The van der Waals surface area contributed by atoms with Crippen LogP contribution in [0.1, 0.15) is 33.4 Å². The van der Waals surface area contributed by atoms with Crippen molar-refractivity contribution in [2.45, 2.75) is 12.5 Å². The first-order valence-corrected chi connectivity index (χ1v) is 9.68. The van der Waals surface area contributed by atoms with Gasteiger partial charge < -0.3 is 14.4 Å². The number of nitrogens with one attached hydrogen (secondary N) is 1. The maximum absolute atomic E-state index is 13.1. The molecule has 0 bridgehead atoms. The summed E-state index contributed by atoms with van der Waals surface area (Å²) in [4.78, 5) is 16.1. The Morgan fingerprint density at radius 2 is 2.15 bits per heavy atom. The van der Waals surface area contributed by atoms with Crippen LogP contribution >= 0.6 is 11.3 Å². The second kappa shape index (κ2) is 7.54. The highest BCUT2D eigenvalue weighted by Crippen LogP contribution is 2.44. The number of fused-ring (bicyclic) bond motifs is 1. The van der Waals surface area contributed by atoms with Gasteiger partial charge in [-0.2, -0.15) is 5.10 Å². The van der Waals surface area contributed by atoms with Gasteiger partial charge >= 0.3 is 0 Å². The Balaban J connectivity index is 1.79. The number of H-pyrrole nitrogens is 1. The second-order valence-corrected chi connectivity index (χ2v) is 7.33. The predicted molar refractivity (Wildman–Crippen MR) is 104 cm³/mol. The minimum Gasteiger partial charge on any atom is -0.497 e. The molecule has 0 radical (unpaired) electrons. The highest BCUT2D eigenvalue weighted by molar-refractivity contribution is 7.10. The molecule has 0 saturated carbocycles. The van der Waals surface area contributed by atoms with E-state index in [-0.39, 0.29) is 11.9 Å². The first kappa shape index (κ1) is 17.8. The Kier molecular flexibility index (Phi) is 4.96. The quantitative estimate of drug-likeness (QED) is 0.631. The monoisotopic (exact) mass is 383 g/mol. The first-order valence-electron chi connectivity index (χ1n) is 8.80. The molecule has 27 heavy (non-hydrogen) atoms. The van der Waals surface area contributed by atoms with Crippen LogP contribution in [0.4, 0.5) is 0 Å². The Bertz CT molecular complexity index is 936. The number of hydrogen-bond donors (Lipinski definition) is 1. The van der Waals surface area contributed by atoms with Crippen molar-refractivity contribution in [2.75, 3.05) is 27.4 Å². The fourth-order valence-electron chi connectivity index (χ4n) is 3.54. The van der Waals surface area contributed by atoms with Gasteiger partial charge in [-0.05, 0) is 30.0 Å². The molecular formula is C20H21N3O3S. The van der Waals surface area contributed by atoms with Gasteiger partial charge in [0.25, 0.3) is 5.91 Å². The van der Waals surface area contributed by atoms with Crippen LogP contribution in [0.3, 0.4) is 0 Å². The Hall–Kier alpha value is -2.64. The number of aromatic amines is 1. The van der Waals surface area contributed by atoms with Gasteiger partial charge in [0.1, 0.15) is 11.4 Å². The molecule has 3 aromatic rings. The molecule has 4 rings (SSSR count). The van der Waals surface area contributed by atoms with Crippen molar-refractivity contribution < 1.29 is 14.3 Å². The number of nitrogens with zero attached hydrogens (tertiary/aromatic N) is 2. The van der Waals surface area contributed by atoms with E-state index in [0.717, 1.165) is 33.9 Å². The zero-order chi connectivity index (χ0) is 18.8. The van der Waals surface area contributed by atoms with E-state index in [1.807, 2.05) is 40.6 Å². The number of ether oxygens (including phenoxy) is 2. The van der Waals surface area contributed by atoms with Crippen LogP contribution in [0.5, 0.6) is 5.75 Å². The second-order valence-electron chi connectivity index (χ2n) is 6.36. The number of carbonyl (C=O) groups is 1. The van der Waals surface area contributed by atoms with Crippen LogP contribution in [0.2, 0.25) is 0 Å². The number of benzene rings is 1. The number of amides is 1. The highest BCUT2D eigenvalue weighted by atomic mass is 32.1. The average molecular weight is 383 g/mol. The smallest absolute Gasteiger partial charge is 0.273 e. The van der Waals surface area contributed by atoms with Crippen molar-refractivity contribution in [3.8, 4) is 17.0 Å². The summed E-state index contributed by atoms with van der Waals surface area (Å²) < 4.78 is 10.5. The van der Waals surface area contributed by atoms with Gasteiger partial charge in [0, 0.05) is 36.3 Å². The largest absolute Gasteiger partial charge is 0.497 e. The van der Waals surface area contributed by atoms with Crippen molar-refractivity contribution in [1.82, 2.24) is 15.1 Å². The molecule has 2 aromatic heterocycles. The molecule has 0 spiro atoms. The normalized spacial score (nSPS) is 16.0. The number of thiophene rings is 1. The molecule has 1 amide bonds. The van der Waals surface area contributed by atoms with Crippen molar-refractivity contribution in [2.24, 2.45) is 0 Å². The molecule has 140 valence electrons. The maximum atomic E-state index is 13.1. The van der Waals surface area contributed by atoms with Gasteiger partial charge in [0.05, 0.1) is 18.8 Å². The molecule has 1 aliphatic heterocycles. The standard InChI is InChI=1S/C20H21N3O3S/c1-25-10-5-9-23-19(15-8-4-11-27-15)16-17(21-22-18(16)20(23)24)13-6-3-7-14(12-13)26-2/h3-4,6-8,11-12,19H,5,9-10H2,1-2H3,(H,21,22). The van der Waals surface area contributed by atoms with E-state index in [4.69, 9.17) is 9.47 Å². The number of hydrogen-bond acceptors (Lipinski definition) is 5. The summed E-state index contributed by atoms with van der Waals surface area (Å²) in [5.74, 6) is 0.749. The van der Waals surface area contributed by atoms with Crippen LogP contribution in [-0.4, -0.2) is 48.4 Å². The average Bonchev–Trinajstić information content (AvgIpc) is 3.41. The molecule has 0 fully saturated rings. The van der Waals surface area contributed by atoms with E-state index >= 15 is 0 Å². The van der Waals surface area contributed by atoms with E-state index in [9.17, 15) is 4.79 Å². The van der Waals surface area contributed by atoms with Crippen molar-refractivity contribution in [1.29, 1.82) is 0 Å². The number of carbonyl (C=O) groups excluding carboxylic acids is 1. The third kappa shape index (κ3) is 3.13. The fraction of sp³-hybridized carbons (Fsp3) is 0.300. The molecule has 1 atom stereocenters. The topological polar surface area (TPSA) is 67.5 Å². The van der Waals surface area contributed by atoms with E-state index in [2.05, 4.69) is 16.3 Å². The minimum absolute atomic E-state index is 0.0128. The van der Waals surface area contributed by atoms with E-state index in [0.29, 0.717) is 18.8 Å². The first-order chi connectivity index (χ1) is 13.2. The van der Waals surface area contributed by atoms with E-state index < -0.39 is 0 Å². The summed E-state index contributed by atoms with van der Waals surface area (Å²) >= 11 is 1.65. The summed E-state index contributed by atoms with van der Waals surface area (Å²) in [6.45, 7) is 1.26. The molecule has 1 aliphatic rings. The molecular weight excluding hydrogens is 362 g/mol. The molecule has 7 heteroatoms. The molecule has 0 saturated heterocycles. The highest BCUT2D eigenvalue weighted by Gasteiger charge is 2.42. The number of rotatable bonds is 7. The Labute approximate surface area is 161 Å². The Morgan fingerprint density at radius 3 is 2.89 bits per heavy atom. The molecule has 3 heterocycles. The van der Waals surface area contributed by atoms with Gasteiger partial charge in [-0.15, -0.1) is 11.3 Å². The predicted octanol–water partition coefficient (Wildman–Crippen LogP) is 3.73. The van der Waals surface area contributed by atoms with Crippen LogP contribution in [-0.2, 0) is 4.74 Å². The zero-order valence-corrected chi connectivity index (χ0v) is 16.1. The van der Waals surface area contributed by atoms with Gasteiger partial charge in [-0.25, -0.2) is 0 Å². The summed E-state index contributed by atoms with van der Waals surface area (Å²) in [5.41, 5.74) is 3.24. The van der Waals surface area contributed by atoms with Crippen LogP contribution in [0.25, 0.3) is 11.3 Å². The van der Waals surface area contributed by atoms with Gasteiger partial charge in [0.2, 0.25) is 0 Å². The van der Waals surface area contributed by atoms with Gasteiger partial charge in [-0.1, -0.05) is 18.2 Å². The van der Waals surface area contributed by atoms with Gasteiger partial charge in [0.15, 0.2) is 0 Å². The molecule has 6 nitrogen and oxygen atoms in total. The summed E-state index contributed by atoms with van der Waals surface area (Å²) in [5, 5.41) is 9.49. The fourth-order valence-corrected chi connectivity index (χ4v) is 4.38. The lowest BCUT2D eigenvalue weighted by molar-refractivity contribution is 0.0725. The van der Waals surface area contributed by atoms with Crippen molar-refractivity contribution >= 4 is 17.2 Å². The lowest BCUT2D eigenvalue weighted by Crippen LogP contribution is -2.30. The molecule has 1 unspecified atom stereocenters. The number of methoxy groups -OCH3 is 2. The maximum Gasteiger partial charge on any atom is 0.273 e. The lowest BCUT2D eigenvalue weighted by atomic mass is 10.0. The lowest BCUT2D eigenvalue weighted by Gasteiger charge is -2.25.